The van der Waals surface area contributed by atoms with E-state index in [1.807, 2.05) is 48.5 Å². The number of aromatic nitrogens is 4. The summed E-state index contributed by atoms with van der Waals surface area (Å²) in [5, 5.41) is 10.7. The SMILES string of the molecule is C[C@@H]1CCCc2sc3c(c21)c(=O)n(-c1ccccc1)c1nnc(SCc2ccc4c(c2)OCO4)n31. The van der Waals surface area contributed by atoms with Crippen molar-refractivity contribution in [2.75, 3.05) is 6.79 Å². The molecule has 2 aromatic carbocycles. The summed E-state index contributed by atoms with van der Waals surface area (Å²) in [7, 11) is 0. The van der Waals surface area contributed by atoms with Gasteiger partial charge in [0.05, 0.1) is 11.1 Å². The van der Waals surface area contributed by atoms with E-state index in [4.69, 9.17) is 9.47 Å². The van der Waals surface area contributed by atoms with Gasteiger partial charge in [0.1, 0.15) is 4.83 Å². The lowest BCUT2D eigenvalue weighted by Crippen LogP contribution is -2.22. The van der Waals surface area contributed by atoms with E-state index in [2.05, 4.69) is 21.5 Å². The first-order valence-corrected chi connectivity index (χ1v) is 13.5. The first-order valence-electron chi connectivity index (χ1n) is 11.7. The third kappa shape index (κ3) is 3.29. The molecular formula is C26H22N4O3S2. The Bertz CT molecular complexity index is 1650. The molecule has 7 rings (SSSR count). The first-order chi connectivity index (χ1) is 17.2. The van der Waals surface area contributed by atoms with E-state index in [0.717, 1.165) is 57.4 Å². The zero-order chi connectivity index (χ0) is 23.5. The molecule has 0 unspecified atom stereocenters. The first kappa shape index (κ1) is 21.0. The van der Waals surface area contributed by atoms with Gasteiger partial charge < -0.3 is 9.47 Å². The molecule has 4 heterocycles. The van der Waals surface area contributed by atoms with E-state index in [1.54, 1.807) is 27.7 Å². The van der Waals surface area contributed by atoms with Crippen molar-refractivity contribution in [2.45, 2.75) is 43.0 Å². The molecule has 0 saturated heterocycles. The van der Waals surface area contributed by atoms with E-state index < -0.39 is 0 Å². The molecule has 0 bridgehead atoms. The Morgan fingerprint density at radius 2 is 1.97 bits per heavy atom. The fourth-order valence-electron chi connectivity index (χ4n) is 5.13. The monoisotopic (exact) mass is 502 g/mol. The van der Waals surface area contributed by atoms with Gasteiger partial charge in [0.2, 0.25) is 12.6 Å². The molecule has 7 nitrogen and oxygen atoms in total. The van der Waals surface area contributed by atoms with Crippen LogP contribution >= 0.6 is 23.1 Å². The average Bonchev–Trinajstić information content (AvgIpc) is 3.60. The molecule has 0 fully saturated rings. The number of ether oxygens (including phenoxy) is 2. The second-order valence-corrected chi connectivity index (χ2v) is 11.0. The normalized spacial score (nSPS) is 16.8. The number of benzene rings is 2. The number of fused-ring (bicyclic) bond motifs is 6. The zero-order valence-corrected chi connectivity index (χ0v) is 20.7. The maximum Gasteiger partial charge on any atom is 0.268 e. The van der Waals surface area contributed by atoms with Gasteiger partial charge >= 0.3 is 0 Å². The summed E-state index contributed by atoms with van der Waals surface area (Å²) in [5.74, 6) is 3.16. The lowest BCUT2D eigenvalue weighted by molar-refractivity contribution is 0.174. The summed E-state index contributed by atoms with van der Waals surface area (Å²) in [5.41, 5.74) is 3.12. The van der Waals surface area contributed by atoms with E-state index in [9.17, 15) is 4.79 Å². The molecular weight excluding hydrogens is 480 g/mol. The lowest BCUT2D eigenvalue weighted by Gasteiger charge is -2.18. The molecule has 9 heteroatoms. The van der Waals surface area contributed by atoms with Crippen LogP contribution in [0.1, 0.15) is 41.7 Å². The Morgan fingerprint density at radius 1 is 1.11 bits per heavy atom. The van der Waals surface area contributed by atoms with Crippen LogP contribution in [0.4, 0.5) is 0 Å². The lowest BCUT2D eigenvalue weighted by atomic mass is 9.88. The maximum absolute atomic E-state index is 14.0. The Hall–Kier alpha value is -3.30. The predicted octanol–water partition coefficient (Wildman–Crippen LogP) is 5.56. The van der Waals surface area contributed by atoms with Gasteiger partial charge in [-0.25, -0.2) is 8.97 Å². The highest BCUT2D eigenvalue weighted by atomic mass is 32.2. The highest BCUT2D eigenvalue weighted by Gasteiger charge is 2.28. The Balaban J connectivity index is 1.42. The Labute approximate surface area is 209 Å². The molecule has 1 aliphatic heterocycles. The number of rotatable bonds is 4. The van der Waals surface area contributed by atoms with Gasteiger partial charge in [-0.05, 0) is 60.6 Å². The summed E-state index contributed by atoms with van der Waals surface area (Å²) >= 11 is 3.34. The molecule has 0 spiro atoms. The summed E-state index contributed by atoms with van der Waals surface area (Å²) < 4.78 is 14.8. The molecule has 5 aromatic rings. The molecule has 35 heavy (non-hydrogen) atoms. The van der Waals surface area contributed by atoms with Gasteiger partial charge in [-0.3, -0.25) is 4.79 Å². The average molecular weight is 503 g/mol. The summed E-state index contributed by atoms with van der Waals surface area (Å²) in [6.45, 7) is 2.50. The molecule has 0 amide bonds. The Morgan fingerprint density at radius 3 is 2.86 bits per heavy atom. The van der Waals surface area contributed by atoms with Crippen molar-refractivity contribution < 1.29 is 9.47 Å². The molecule has 1 aliphatic carbocycles. The van der Waals surface area contributed by atoms with Crippen molar-refractivity contribution in [1.82, 2.24) is 19.2 Å². The van der Waals surface area contributed by atoms with Crippen LogP contribution in [0.2, 0.25) is 0 Å². The minimum atomic E-state index is -0.00956. The van der Waals surface area contributed by atoms with Crippen LogP contribution in [0.25, 0.3) is 21.7 Å². The highest BCUT2D eigenvalue weighted by Crippen LogP contribution is 2.42. The zero-order valence-electron chi connectivity index (χ0n) is 19.1. The van der Waals surface area contributed by atoms with Gasteiger partial charge in [-0.15, -0.1) is 21.5 Å². The van der Waals surface area contributed by atoms with Gasteiger partial charge in [0.15, 0.2) is 16.7 Å². The summed E-state index contributed by atoms with van der Waals surface area (Å²) in [6, 6.07) is 15.7. The van der Waals surface area contributed by atoms with E-state index >= 15 is 0 Å². The quantitative estimate of drug-likeness (QED) is 0.300. The van der Waals surface area contributed by atoms with Crippen molar-refractivity contribution >= 4 is 39.1 Å². The number of aryl methyl sites for hydroxylation is 1. The number of nitrogens with zero attached hydrogens (tertiary/aromatic N) is 4. The van der Waals surface area contributed by atoms with E-state index in [-0.39, 0.29) is 12.4 Å². The number of thiophene rings is 1. The molecule has 176 valence electrons. The van der Waals surface area contributed by atoms with Crippen LogP contribution in [-0.4, -0.2) is 26.0 Å². The summed E-state index contributed by atoms with van der Waals surface area (Å²) in [4.78, 5) is 16.2. The second kappa shape index (κ2) is 8.13. The smallest absolute Gasteiger partial charge is 0.268 e. The molecule has 0 saturated carbocycles. The highest BCUT2D eigenvalue weighted by molar-refractivity contribution is 7.98. The molecule has 2 aliphatic rings. The van der Waals surface area contributed by atoms with Crippen molar-refractivity contribution in [3.8, 4) is 17.2 Å². The van der Waals surface area contributed by atoms with E-state index in [1.165, 1.54) is 10.4 Å². The van der Waals surface area contributed by atoms with Crippen LogP contribution in [0.15, 0.2) is 58.5 Å². The molecule has 3 aromatic heterocycles. The molecule has 1 atom stereocenters. The third-order valence-electron chi connectivity index (χ3n) is 6.79. The van der Waals surface area contributed by atoms with Crippen molar-refractivity contribution in [1.29, 1.82) is 0 Å². The maximum atomic E-state index is 14.0. The van der Waals surface area contributed by atoms with Gasteiger partial charge in [-0.2, -0.15) is 0 Å². The van der Waals surface area contributed by atoms with Crippen molar-refractivity contribution in [2.24, 2.45) is 0 Å². The Kier molecular flexibility index (Phi) is 4.89. The topological polar surface area (TPSA) is 70.7 Å². The largest absolute Gasteiger partial charge is 0.454 e. The van der Waals surface area contributed by atoms with Crippen LogP contribution < -0.4 is 15.0 Å². The minimum Gasteiger partial charge on any atom is -0.454 e. The van der Waals surface area contributed by atoms with Crippen molar-refractivity contribution in [3.63, 3.8) is 0 Å². The van der Waals surface area contributed by atoms with Crippen molar-refractivity contribution in [3.05, 3.63) is 74.9 Å². The predicted molar refractivity (Wildman–Crippen MR) is 137 cm³/mol. The standard InChI is InChI=1S/C26H22N4O3S2/c1-15-6-5-9-20-21(15)22-23(31)29(17-7-3-2-4-8-17)25-27-28-26(30(25)24(22)35-20)34-13-16-10-11-18-19(12-16)33-14-32-18/h2-4,7-8,10-12,15H,5-6,9,13-14H2,1H3/t15-/m1/s1. The van der Waals surface area contributed by atoms with Gasteiger partial charge in [0, 0.05) is 10.6 Å². The van der Waals surface area contributed by atoms with Gasteiger partial charge in [0.25, 0.3) is 5.56 Å². The van der Waals surface area contributed by atoms with Gasteiger partial charge in [-0.1, -0.05) is 43.0 Å². The number of hydrogen-bond acceptors (Lipinski definition) is 7. The number of thioether (sulfide) groups is 1. The number of para-hydroxylation sites is 1. The second-order valence-electron chi connectivity index (χ2n) is 8.98. The van der Waals surface area contributed by atoms with Crippen LogP contribution in [-0.2, 0) is 12.2 Å². The van der Waals surface area contributed by atoms with Crippen LogP contribution in [0.5, 0.6) is 11.5 Å². The fraction of sp³-hybridized carbons (Fsp3) is 0.269. The number of hydrogen-bond donors (Lipinski definition) is 0. The van der Waals surface area contributed by atoms with E-state index in [0.29, 0.717) is 17.4 Å². The molecule has 0 radical (unpaired) electrons. The molecule has 0 N–H and O–H groups in total. The summed E-state index contributed by atoms with van der Waals surface area (Å²) in [6.07, 6.45) is 3.29. The fourth-order valence-corrected chi connectivity index (χ4v) is 7.52. The minimum absolute atomic E-state index is 0.00956. The van der Waals surface area contributed by atoms with Crippen LogP contribution in [0, 0.1) is 0 Å². The third-order valence-corrected chi connectivity index (χ3v) is 9.04. The van der Waals surface area contributed by atoms with Crippen LogP contribution in [0.3, 0.4) is 0 Å².